The van der Waals surface area contributed by atoms with E-state index in [-0.39, 0.29) is 5.78 Å². The maximum absolute atomic E-state index is 11.8. The SMILES string of the molecule is Cc1cnc(Cn2ccc3c2CCCC3=O)cn1. The monoisotopic (exact) mass is 241 g/mol. The van der Waals surface area contributed by atoms with Gasteiger partial charge in [-0.05, 0) is 25.8 Å². The minimum Gasteiger partial charge on any atom is -0.345 e. The Hall–Kier alpha value is -1.97. The van der Waals surface area contributed by atoms with E-state index in [1.54, 1.807) is 12.4 Å². The van der Waals surface area contributed by atoms with E-state index >= 15 is 0 Å². The van der Waals surface area contributed by atoms with Crippen LogP contribution >= 0.6 is 0 Å². The Morgan fingerprint density at radius 3 is 2.94 bits per heavy atom. The highest BCUT2D eigenvalue weighted by molar-refractivity contribution is 5.98. The third kappa shape index (κ3) is 1.94. The van der Waals surface area contributed by atoms with Gasteiger partial charge in [-0.1, -0.05) is 0 Å². The number of carbonyl (C=O) groups excluding carboxylic acids is 1. The van der Waals surface area contributed by atoms with Crippen LogP contribution in [0.25, 0.3) is 0 Å². The normalized spacial score (nSPS) is 14.6. The van der Waals surface area contributed by atoms with Crippen molar-refractivity contribution in [1.29, 1.82) is 0 Å². The molecule has 18 heavy (non-hydrogen) atoms. The van der Waals surface area contributed by atoms with E-state index in [1.165, 1.54) is 0 Å². The molecule has 2 aromatic heterocycles. The van der Waals surface area contributed by atoms with Crippen LogP contribution in [-0.2, 0) is 13.0 Å². The molecule has 0 bridgehead atoms. The van der Waals surface area contributed by atoms with Crippen molar-refractivity contribution in [1.82, 2.24) is 14.5 Å². The van der Waals surface area contributed by atoms with Crippen LogP contribution in [0.15, 0.2) is 24.7 Å². The first-order valence-electron chi connectivity index (χ1n) is 6.23. The second kappa shape index (κ2) is 4.37. The Balaban J connectivity index is 1.89. The Kier molecular flexibility index (Phi) is 2.70. The van der Waals surface area contributed by atoms with Crippen LogP contribution in [0.1, 0.15) is 40.3 Å². The summed E-state index contributed by atoms with van der Waals surface area (Å²) in [5, 5.41) is 0. The molecule has 0 radical (unpaired) electrons. The predicted octanol–water partition coefficient (Wildman–Crippen LogP) is 2.15. The summed E-state index contributed by atoms with van der Waals surface area (Å²) < 4.78 is 2.12. The zero-order chi connectivity index (χ0) is 12.5. The number of fused-ring (bicyclic) bond motifs is 1. The first-order chi connectivity index (χ1) is 8.74. The molecule has 0 saturated heterocycles. The molecule has 3 rings (SSSR count). The third-order valence-corrected chi connectivity index (χ3v) is 3.36. The molecule has 2 aromatic rings. The van der Waals surface area contributed by atoms with Gasteiger partial charge in [0.25, 0.3) is 0 Å². The topological polar surface area (TPSA) is 47.8 Å². The lowest BCUT2D eigenvalue weighted by Crippen LogP contribution is -2.14. The number of nitrogens with zero attached hydrogens (tertiary/aromatic N) is 3. The van der Waals surface area contributed by atoms with Crippen molar-refractivity contribution < 1.29 is 4.79 Å². The number of ketones is 1. The molecular formula is C14H15N3O. The fraction of sp³-hybridized carbons (Fsp3) is 0.357. The quantitative estimate of drug-likeness (QED) is 0.809. The minimum absolute atomic E-state index is 0.269. The van der Waals surface area contributed by atoms with Gasteiger partial charge in [-0.2, -0.15) is 0 Å². The van der Waals surface area contributed by atoms with E-state index < -0.39 is 0 Å². The molecule has 1 aliphatic rings. The molecule has 0 fully saturated rings. The number of aryl methyl sites for hydroxylation is 1. The maximum atomic E-state index is 11.8. The highest BCUT2D eigenvalue weighted by atomic mass is 16.1. The molecule has 4 heteroatoms. The summed E-state index contributed by atoms with van der Waals surface area (Å²) in [5.74, 6) is 0.269. The van der Waals surface area contributed by atoms with Crippen LogP contribution in [0.2, 0.25) is 0 Å². The van der Waals surface area contributed by atoms with Gasteiger partial charge >= 0.3 is 0 Å². The summed E-state index contributed by atoms with van der Waals surface area (Å²) >= 11 is 0. The number of Topliss-reactive ketones (excluding diaryl/α,β-unsaturated/α-hetero) is 1. The Morgan fingerprint density at radius 2 is 2.17 bits per heavy atom. The van der Waals surface area contributed by atoms with Crippen LogP contribution in [0.5, 0.6) is 0 Å². The maximum Gasteiger partial charge on any atom is 0.164 e. The summed E-state index contributed by atoms with van der Waals surface area (Å²) in [7, 11) is 0. The van der Waals surface area contributed by atoms with Gasteiger partial charge in [0, 0.05) is 30.1 Å². The molecule has 0 N–H and O–H groups in total. The van der Waals surface area contributed by atoms with Crippen molar-refractivity contribution in [2.75, 3.05) is 0 Å². The molecule has 0 aliphatic heterocycles. The second-order valence-electron chi connectivity index (χ2n) is 4.73. The van der Waals surface area contributed by atoms with Crippen molar-refractivity contribution in [2.45, 2.75) is 32.7 Å². The fourth-order valence-electron chi connectivity index (χ4n) is 2.41. The van der Waals surface area contributed by atoms with Crippen LogP contribution in [0.3, 0.4) is 0 Å². The van der Waals surface area contributed by atoms with Gasteiger partial charge in [0.1, 0.15) is 0 Å². The van der Waals surface area contributed by atoms with Crippen molar-refractivity contribution in [3.8, 4) is 0 Å². The number of hydrogen-bond acceptors (Lipinski definition) is 3. The van der Waals surface area contributed by atoms with Crippen LogP contribution in [0.4, 0.5) is 0 Å². The average molecular weight is 241 g/mol. The van der Waals surface area contributed by atoms with E-state index in [9.17, 15) is 4.79 Å². The largest absolute Gasteiger partial charge is 0.345 e. The van der Waals surface area contributed by atoms with Crippen LogP contribution in [-0.4, -0.2) is 20.3 Å². The molecule has 4 nitrogen and oxygen atoms in total. The standard InChI is InChI=1S/C14H15N3O/c1-10-7-16-11(8-15-10)9-17-6-5-12-13(17)3-2-4-14(12)18/h5-8H,2-4,9H2,1H3. The van der Waals surface area contributed by atoms with Gasteiger partial charge in [0.05, 0.1) is 24.1 Å². The highest BCUT2D eigenvalue weighted by Gasteiger charge is 2.20. The average Bonchev–Trinajstić information content (AvgIpc) is 2.77. The number of aromatic nitrogens is 3. The van der Waals surface area contributed by atoms with Crippen molar-refractivity contribution in [3.05, 3.63) is 47.3 Å². The first-order valence-corrected chi connectivity index (χ1v) is 6.23. The summed E-state index contributed by atoms with van der Waals surface area (Å²) in [5.41, 5.74) is 3.88. The van der Waals surface area contributed by atoms with Crippen molar-refractivity contribution in [2.24, 2.45) is 0 Å². The van der Waals surface area contributed by atoms with Gasteiger partial charge in [-0.25, -0.2) is 0 Å². The van der Waals surface area contributed by atoms with Gasteiger partial charge in [-0.15, -0.1) is 0 Å². The molecule has 0 spiro atoms. The second-order valence-corrected chi connectivity index (χ2v) is 4.73. The van der Waals surface area contributed by atoms with E-state index in [4.69, 9.17) is 0 Å². The van der Waals surface area contributed by atoms with Crippen LogP contribution < -0.4 is 0 Å². The van der Waals surface area contributed by atoms with Crippen LogP contribution in [0, 0.1) is 6.92 Å². The Bertz CT molecular complexity index is 584. The summed E-state index contributed by atoms with van der Waals surface area (Å²) in [6.07, 6.45) is 8.17. The molecule has 2 heterocycles. The lowest BCUT2D eigenvalue weighted by atomic mass is 9.97. The molecule has 92 valence electrons. The zero-order valence-electron chi connectivity index (χ0n) is 10.4. The molecule has 0 aromatic carbocycles. The number of carbonyl (C=O) groups is 1. The van der Waals surface area contributed by atoms with Gasteiger partial charge in [-0.3, -0.25) is 14.8 Å². The predicted molar refractivity (Wildman–Crippen MR) is 67.6 cm³/mol. The van der Waals surface area contributed by atoms with E-state index in [0.29, 0.717) is 13.0 Å². The number of hydrogen-bond donors (Lipinski definition) is 0. The lowest BCUT2D eigenvalue weighted by Gasteiger charge is -2.14. The summed E-state index contributed by atoms with van der Waals surface area (Å²) in [6.45, 7) is 2.61. The van der Waals surface area contributed by atoms with Crippen molar-refractivity contribution >= 4 is 5.78 Å². The van der Waals surface area contributed by atoms with Gasteiger partial charge in [0.2, 0.25) is 0 Å². The summed E-state index contributed by atoms with van der Waals surface area (Å²) in [4.78, 5) is 20.4. The molecule has 0 saturated carbocycles. The molecule has 0 amide bonds. The Labute approximate surface area is 106 Å². The smallest absolute Gasteiger partial charge is 0.164 e. The summed E-state index contributed by atoms with van der Waals surface area (Å²) in [6, 6.07) is 1.93. The van der Waals surface area contributed by atoms with Crippen molar-refractivity contribution in [3.63, 3.8) is 0 Å². The zero-order valence-corrected chi connectivity index (χ0v) is 10.4. The lowest BCUT2D eigenvalue weighted by molar-refractivity contribution is 0.0972. The van der Waals surface area contributed by atoms with E-state index in [0.717, 1.165) is 35.5 Å². The van der Waals surface area contributed by atoms with E-state index in [2.05, 4.69) is 14.5 Å². The molecular weight excluding hydrogens is 226 g/mol. The Morgan fingerprint density at radius 1 is 1.28 bits per heavy atom. The molecule has 1 aliphatic carbocycles. The molecule has 0 atom stereocenters. The fourth-order valence-corrected chi connectivity index (χ4v) is 2.41. The minimum atomic E-state index is 0.269. The third-order valence-electron chi connectivity index (χ3n) is 3.36. The molecule has 0 unspecified atom stereocenters. The van der Waals surface area contributed by atoms with Gasteiger partial charge in [0.15, 0.2) is 5.78 Å². The van der Waals surface area contributed by atoms with E-state index in [1.807, 2.05) is 19.2 Å². The first kappa shape index (κ1) is 11.1. The highest BCUT2D eigenvalue weighted by Crippen LogP contribution is 2.22. The number of rotatable bonds is 2. The van der Waals surface area contributed by atoms with Gasteiger partial charge < -0.3 is 4.57 Å².